The summed E-state index contributed by atoms with van der Waals surface area (Å²) in [6.45, 7) is 3.66. The second kappa shape index (κ2) is 8.75. The molecular weight excluding hydrogens is 372 g/mol. The summed E-state index contributed by atoms with van der Waals surface area (Å²) in [7, 11) is 0. The summed E-state index contributed by atoms with van der Waals surface area (Å²) < 4.78 is 1.93. The van der Waals surface area contributed by atoms with Gasteiger partial charge < -0.3 is 10.6 Å². The number of anilines is 2. The van der Waals surface area contributed by atoms with E-state index in [9.17, 15) is 9.59 Å². The summed E-state index contributed by atoms with van der Waals surface area (Å²) in [4.78, 5) is 28.9. The average molecular weight is 395 g/mol. The van der Waals surface area contributed by atoms with Crippen molar-refractivity contribution in [3.8, 4) is 5.69 Å². The summed E-state index contributed by atoms with van der Waals surface area (Å²) in [5.41, 5.74) is 2.67. The fraction of sp³-hybridized carbons (Fsp3) is 0.190. The lowest BCUT2D eigenvalue weighted by Gasteiger charge is -2.11. The number of imidazole rings is 1. The number of carbonyl (C=O) groups is 2. The first-order chi connectivity index (χ1) is 13.5. The van der Waals surface area contributed by atoms with Gasteiger partial charge in [0.2, 0.25) is 5.91 Å². The average Bonchev–Trinajstić information content (AvgIpc) is 3.17. The first kappa shape index (κ1) is 19.7. The number of nitrogens with zero attached hydrogens (tertiary/aromatic N) is 2. The topological polar surface area (TPSA) is 76.0 Å². The van der Waals surface area contributed by atoms with Crippen LogP contribution in [0.3, 0.4) is 0 Å². The van der Waals surface area contributed by atoms with E-state index < -0.39 is 0 Å². The molecule has 0 atom stereocenters. The number of nitrogens with one attached hydrogen (secondary N) is 2. The molecule has 0 spiro atoms. The molecule has 3 rings (SSSR count). The summed E-state index contributed by atoms with van der Waals surface area (Å²) >= 11 is 1.54. The van der Waals surface area contributed by atoms with E-state index in [1.54, 1.807) is 36.5 Å². The first-order valence-corrected chi connectivity index (χ1v) is 10.1. The minimum atomic E-state index is -0.222. The van der Waals surface area contributed by atoms with E-state index in [0.717, 1.165) is 10.8 Å². The van der Waals surface area contributed by atoms with Crippen LogP contribution in [0.1, 0.15) is 24.2 Å². The van der Waals surface area contributed by atoms with E-state index in [-0.39, 0.29) is 17.7 Å². The van der Waals surface area contributed by atoms with Crippen LogP contribution in [0.5, 0.6) is 0 Å². The molecule has 0 fully saturated rings. The molecule has 2 aromatic carbocycles. The maximum Gasteiger partial charge on any atom is 0.255 e. The van der Waals surface area contributed by atoms with Crippen LogP contribution in [0.15, 0.2) is 66.1 Å². The third-order valence-electron chi connectivity index (χ3n) is 4.09. The third-order valence-corrected chi connectivity index (χ3v) is 4.76. The summed E-state index contributed by atoms with van der Waals surface area (Å²) in [6, 6.07) is 14.5. The van der Waals surface area contributed by atoms with Crippen molar-refractivity contribution in [1.82, 2.24) is 9.55 Å². The zero-order chi connectivity index (χ0) is 20.1. The van der Waals surface area contributed by atoms with E-state index in [0.29, 0.717) is 16.9 Å². The van der Waals surface area contributed by atoms with Gasteiger partial charge in [0.1, 0.15) is 0 Å². The molecule has 0 aliphatic heterocycles. The first-order valence-electron chi connectivity index (χ1n) is 8.88. The fourth-order valence-corrected chi connectivity index (χ4v) is 3.13. The van der Waals surface area contributed by atoms with Gasteiger partial charge in [-0.2, -0.15) is 0 Å². The molecule has 0 bridgehead atoms. The molecule has 2 amide bonds. The number of amides is 2. The van der Waals surface area contributed by atoms with Gasteiger partial charge in [0.25, 0.3) is 5.91 Å². The maximum atomic E-state index is 12.7. The molecule has 1 aromatic heterocycles. The largest absolute Gasteiger partial charge is 0.326 e. The Morgan fingerprint density at radius 1 is 1.04 bits per heavy atom. The van der Waals surface area contributed by atoms with Gasteiger partial charge in [-0.3, -0.25) is 14.2 Å². The Bertz CT molecular complexity index is 997. The van der Waals surface area contributed by atoms with Crippen molar-refractivity contribution in [2.75, 3.05) is 16.9 Å². The van der Waals surface area contributed by atoms with Crippen molar-refractivity contribution >= 4 is 35.0 Å². The van der Waals surface area contributed by atoms with Crippen molar-refractivity contribution < 1.29 is 9.59 Å². The smallest absolute Gasteiger partial charge is 0.255 e. The highest BCUT2D eigenvalue weighted by Crippen LogP contribution is 2.20. The zero-order valence-corrected chi connectivity index (χ0v) is 16.8. The number of rotatable bonds is 6. The highest BCUT2D eigenvalue weighted by atomic mass is 32.2. The van der Waals surface area contributed by atoms with E-state index in [1.165, 1.54) is 11.8 Å². The summed E-state index contributed by atoms with van der Waals surface area (Å²) in [5, 5.41) is 6.57. The van der Waals surface area contributed by atoms with Gasteiger partial charge in [0, 0.05) is 40.9 Å². The third kappa shape index (κ3) is 4.61. The van der Waals surface area contributed by atoms with Gasteiger partial charge in [-0.25, -0.2) is 4.98 Å². The Morgan fingerprint density at radius 3 is 2.46 bits per heavy atom. The molecule has 0 saturated carbocycles. The van der Waals surface area contributed by atoms with Crippen molar-refractivity contribution in [3.05, 3.63) is 66.5 Å². The Balaban J connectivity index is 1.77. The van der Waals surface area contributed by atoms with Gasteiger partial charge in [0.15, 0.2) is 5.16 Å². The number of benzene rings is 2. The molecule has 3 aromatic rings. The monoisotopic (exact) mass is 394 g/mol. The van der Waals surface area contributed by atoms with Gasteiger partial charge in [0.05, 0.1) is 0 Å². The van der Waals surface area contributed by atoms with Crippen LogP contribution in [0.25, 0.3) is 5.69 Å². The lowest BCUT2D eigenvalue weighted by atomic mass is 10.1. The lowest BCUT2D eigenvalue weighted by molar-refractivity contribution is -0.118. The van der Waals surface area contributed by atoms with E-state index in [1.807, 2.05) is 49.1 Å². The minimum absolute atomic E-state index is 0.0684. The lowest BCUT2D eigenvalue weighted by Crippen LogP contribution is -2.18. The molecule has 0 radical (unpaired) electrons. The summed E-state index contributed by atoms with van der Waals surface area (Å²) in [5.74, 6) is -0.406. The number of hydrogen-bond acceptors (Lipinski definition) is 4. The van der Waals surface area contributed by atoms with Gasteiger partial charge in [-0.15, -0.1) is 0 Å². The molecule has 6 nitrogen and oxygen atoms in total. The molecule has 1 heterocycles. The molecule has 144 valence electrons. The van der Waals surface area contributed by atoms with E-state index >= 15 is 0 Å². The summed E-state index contributed by atoms with van der Waals surface area (Å²) in [6.07, 6.45) is 5.56. The second-order valence-corrected chi connectivity index (χ2v) is 7.29. The fourth-order valence-electron chi connectivity index (χ4n) is 2.60. The molecule has 0 aliphatic rings. The highest BCUT2D eigenvalue weighted by molar-refractivity contribution is 7.98. The Kier molecular flexibility index (Phi) is 6.16. The Hall–Kier alpha value is -3.06. The number of thioether (sulfide) groups is 1. The van der Waals surface area contributed by atoms with Crippen LogP contribution in [-0.4, -0.2) is 27.6 Å². The molecule has 2 N–H and O–H groups in total. The number of aromatic nitrogens is 2. The van der Waals surface area contributed by atoms with Crippen LogP contribution in [0, 0.1) is 5.92 Å². The predicted octanol–water partition coefficient (Wildman–Crippen LogP) is 4.44. The molecular formula is C21H22N4O2S. The molecule has 0 aliphatic carbocycles. The number of carbonyl (C=O) groups excluding carboxylic acids is 2. The standard InChI is InChI=1S/C21H22N4O2S/c1-14(2)19(26)23-16-7-5-8-17(13-16)24-20(27)15-6-4-9-18(12-15)25-11-10-22-21(25)28-3/h4-14H,1-3H3,(H,23,26)(H,24,27). The molecule has 0 unspecified atom stereocenters. The van der Waals surface area contributed by atoms with Crippen LogP contribution in [-0.2, 0) is 4.79 Å². The molecule has 0 saturated heterocycles. The Labute approximate surface area is 168 Å². The van der Waals surface area contributed by atoms with Crippen molar-refractivity contribution in [3.63, 3.8) is 0 Å². The van der Waals surface area contributed by atoms with Gasteiger partial charge in [-0.05, 0) is 42.7 Å². The van der Waals surface area contributed by atoms with Crippen molar-refractivity contribution in [1.29, 1.82) is 0 Å². The van der Waals surface area contributed by atoms with E-state index in [2.05, 4.69) is 15.6 Å². The van der Waals surface area contributed by atoms with Gasteiger partial charge in [-0.1, -0.05) is 37.7 Å². The van der Waals surface area contributed by atoms with Crippen LogP contribution >= 0.6 is 11.8 Å². The quantitative estimate of drug-likeness (QED) is 0.606. The van der Waals surface area contributed by atoms with Crippen molar-refractivity contribution in [2.45, 2.75) is 19.0 Å². The van der Waals surface area contributed by atoms with Crippen LogP contribution in [0.2, 0.25) is 0 Å². The molecule has 7 heteroatoms. The maximum absolute atomic E-state index is 12.7. The van der Waals surface area contributed by atoms with Gasteiger partial charge >= 0.3 is 0 Å². The zero-order valence-electron chi connectivity index (χ0n) is 16.0. The highest BCUT2D eigenvalue weighted by Gasteiger charge is 2.11. The van der Waals surface area contributed by atoms with Crippen LogP contribution in [0.4, 0.5) is 11.4 Å². The van der Waals surface area contributed by atoms with Crippen LogP contribution < -0.4 is 10.6 Å². The predicted molar refractivity (Wildman–Crippen MR) is 113 cm³/mol. The van der Waals surface area contributed by atoms with Crippen molar-refractivity contribution in [2.24, 2.45) is 5.92 Å². The minimum Gasteiger partial charge on any atom is -0.326 e. The second-order valence-electron chi connectivity index (χ2n) is 6.51. The number of hydrogen-bond donors (Lipinski definition) is 2. The SMILES string of the molecule is CSc1nccn1-c1cccc(C(=O)Nc2cccc(NC(=O)C(C)C)c2)c1. The van der Waals surface area contributed by atoms with E-state index in [4.69, 9.17) is 0 Å². The Morgan fingerprint density at radius 2 is 1.75 bits per heavy atom. The molecule has 28 heavy (non-hydrogen) atoms. The normalized spacial score (nSPS) is 10.7.